The van der Waals surface area contributed by atoms with Gasteiger partial charge < -0.3 is 15.3 Å². The smallest absolute Gasteiger partial charge is 0.278 e. The Labute approximate surface area is 257 Å². The summed E-state index contributed by atoms with van der Waals surface area (Å²) in [7, 11) is 0. The highest BCUT2D eigenvalue weighted by molar-refractivity contribution is 5.77. The Morgan fingerprint density at radius 2 is 1.77 bits per heavy atom. The molecule has 5 heterocycles. The average Bonchev–Trinajstić information content (AvgIpc) is 3.29. The van der Waals surface area contributed by atoms with Crippen LogP contribution in [0.1, 0.15) is 45.2 Å². The van der Waals surface area contributed by atoms with Gasteiger partial charge >= 0.3 is 0 Å². The van der Waals surface area contributed by atoms with E-state index in [-0.39, 0.29) is 12.1 Å². The Balaban J connectivity index is 1.20. The van der Waals surface area contributed by atoms with Gasteiger partial charge in [0, 0.05) is 43.8 Å². The van der Waals surface area contributed by atoms with Crippen LogP contribution in [0.15, 0.2) is 66.1 Å². The fourth-order valence-electron chi connectivity index (χ4n) is 6.38. The average molecular weight is 594 g/mol. The fourth-order valence-corrected chi connectivity index (χ4v) is 6.38. The van der Waals surface area contributed by atoms with Gasteiger partial charge in [-0.05, 0) is 81.3 Å². The Bertz CT molecular complexity index is 1740. The predicted molar refractivity (Wildman–Crippen MR) is 172 cm³/mol. The third kappa shape index (κ3) is 5.83. The summed E-state index contributed by atoms with van der Waals surface area (Å²) in [5, 5.41) is 14.2. The second-order valence-electron chi connectivity index (χ2n) is 12.4. The van der Waals surface area contributed by atoms with Crippen LogP contribution in [-0.2, 0) is 12.1 Å². The Hall–Kier alpha value is -4.53. The molecule has 0 amide bonds. The highest BCUT2D eigenvalue weighted by Crippen LogP contribution is 2.42. The van der Waals surface area contributed by atoms with Crippen molar-refractivity contribution in [3.8, 4) is 5.82 Å². The summed E-state index contributed by atoms with van der Waals surface area (Å²) in [4.78, 5) is 35.4. The Morgan fingerprint density at radius 1 is 1.07 bits per heavy atom. The summed E-state index contributed by atoms with van der Waals surface area (Å²) in [6.45, 7) is 19.2. The van der Waals surface area contributed by atoms with E-state index >= 15 is 0 Å². The monoisotopic (exact) mass is 593 g/mol. The maximum Gasteiger partial charge on any atom is 0.278 e. The highest BCUT2D eigenvalue weighted by atomic mass is 16.3. The summed E-state index contributed by atoms with van der Waals surface area (Å²) in [5.41, 5.74) is 1.95. The molecule has 1 aromatic carbocycles. The van der Waals surface area contributed by atoms with E-state index in [4.69, 9.17) is 11.6 Å². The van der Waals surface area contributed by atoms with Gasteiger partial charge in [0.1, 0.15) is 11.0 Å². The third-order valence-electron chi connectivity index (χ3n) is 9.06. The number of anilines is 3. The van der Waals surface area contributed by atoms with Crippen molar-refractivity contribution in [2.24, 2.45) is 5.41 Å². The summed E-state index contributed by atoms with van der Waals surface area (Å²) in [5.74, 6) is 0.822. The number of piperidine rings is 2. The number of allylic oxidation sites excluding steroid dienone is 1. The maximum atomic E-state index is 13.3. The molecule has 2 aliphatic heterocycles. The molecule has 11 heteroatoms. The quantitative estimate of drug-likeness (QED) is 0.224. The van der Waals surface area contributed by atoms with E-state index in [0.717, 1.165) is 31.9 Å². The molecule has 4 aromatic rings. The molecule has 2 fully saturated rings. The molecule has 0 radical (unpaired) electrons. The molecule has 2 N–H and O–H groups in total. The van der Waals surface area contributed by atoms with Crippen LogP contribution < -0.4 is 15.8 Å². The van der Waals surface area contributed by atoms with Crippen LogP contribution >= 0.6 is 0 Å². The standard InChI is InChI=1S/C33H39N9O2/c1-5-17-41-30(43)26-22-35-31(38-29(26)42(41)28-8-6-7-27(37-28)32(2,3)44)36-24-9-11-25(12-10-24)40-20-15-33(16-21-40)13-18-39(19-14-33)23-34-4/h5-12,22,44H,1,13-21,23H2,2-3H3,(H,35,36,38). The SMILES string of the molecule is [C-]#[N+]CN1CCC2(CC1)CCN(c1ccc(Nc3ncc4c(=O)n(CC=C)n(-c5cccc(C(C)(C)O)n5)c4n3)cc1)CC2. The maximum absolute atomic E-state index is 13.3. The Kier molecular flexibility index (Phi) is 7.97. The molecular weight excluding hydrogens is 554 g/mol. The van der Waals surface area contributed by atoms with Crippen molar-refractivity contribution >= 4 is 28.4 Å². The number of aliphatic hydroxyl groups is 1. The molecule has 0 bridgehead atoms. The van der Waals surface area contributed by atoms with E-state index in [2.05, 4.69) is 48.6 Å². The molecule has 0 atom stereocenters. The van der Waals surface area contributed by atoms with Crippen molar-refractivity contribution in [1.82, 2.24) is 29.2 Å². The summed E-state index contributed by atoms with van der Waals surface area (Å²) in [6, 6.07) is 13.6. The van der Waals surface area contributed by atoms with Crippen LogP contribution in [0.2, 0.25) is 0 Å². The number of hydrogen-bond acceptors (Lipinski definition) is 8. The van der Waals surface area contributed by atoms with E-state index in [9.17, 15) is 9.90 Å². The molecule has 6 rings (SSSR count). The highest BCUT2D eigenvalue weighted by Gasteiger charge is 2.38. The molecule has 3 aromatic heterocycles. The number of benzene rings is 1. The van der Waals surface area contributed by atoms with E-state index < -0.39 is 5.60 Å². The van der Waals surface area contributed by atoms with Gasteiger partial charge in [0.25, 0.3) is 12.2 Å². The number of fused-ring (bicyclic) bond motifs is 1. The van der Waals surface area contributed by atoms with Crippen LogP contribution in [0, 0.1) is 12.0 Å². The zero-order chi connectivity index (χ0) is 30.9. The predicted octanol–water partition coefficient (Wildman–Crippen LogP) is 4.69. The topological polar surface area (TPSA) is 109 Å². The van der Waals surface area contributed by atoms with Gasteiger partial charge in [-0.15, -0.1) is 6.58 Å². The third-order valence-corrected chi connectivity index (χ3v) is 9.06. The van der Waals surface area contributed by atoms with Gasteiger partial charge in [0.05, 0.1) is 12.2 Å². The lowest BCUT2D eigenvalue weighted by Gasteiger charge is -2.46. The Morgan fingerprint density at radius 3 is 2.43 bits per heavy atom. The number of aromatic nitrogens is 5. The minimum atomic E-state index is -1.15. The zero-order valence-electron chi connectivity index (χ0n) is 25.4. The number of nitrogens with one attached hydrogen (secondary N) is 1. The van der Waals surface area contributed by atoms with Gasteiger partial charge in [-0.3, -0.25) is 9.64 Å². The van der Waals surface area contributed by atoms with Gasteiger partial charge in [-0.1, -0.05) is 12.1 Å². The zero-order valence-corrected chi connectivity index (χ0v) is 25.4. The fraction of sp³-hybridized carbons (Fsp3) is 0.424. The lowest BCUT2D eigenvalue weighted by Crippen LogP contribution is -2.46. The second kappa shape index (κ2) is 11.9. The first-order valence-corrected chi connectivity index (χ1v) is 15.2. The molecule has 44 heavy (non-hydrogen) atoms. The summed E-state index contributed by atoms with van der Waals surface area (Å²) >= 11 is 0. The van der Waals surface area contributed by atoms with E-state index in [1.165, 1.54) is 42.2 Å². The van der Waals surface area contributed by atoms with Crippen LogP contribution in [0.25, 0.3) is 21.7 Å². The van der Waals surface area contributed by atoms with Crippen molar-refractivity contribution < 1.29 is 5.11 Å². The van der Waals surface area contributed by atoms with Crippen LogP contribution in [0.5, 0.6) is 0 Å². The van der Waals surface area contributed by atoms with Crippen molar-refractivity contribution in [3.63, 3.8) is 0 Å². The molecule has 2 saturated heterocycles. The largest absolute Gasteiger partial charge is 0.384 e. The van der Waals surface area contributed by atoms with Crippen molar-refractivity contribution in [2.45, 2.75) is 51.7 Å². The summed E-state index contributed by atoms with van der Waals surface area (Å²) < 4.78 is 3.17. The summed E-state index contributed by atoms with van der Waals surface area (Å²) in [6.07, 6.45) is 7.94. The molecule has 0 saturated carbocycles. The normalized spacial score (nSPS) is 17.1. The van der Waals surface area contributed by atoms with Gasteiger partial charge in [0.15, 0.2) is 11.5 Å². The van der Waals surface area contributed by atoms with E-state index in [0.29, 0.717) is 40.6 Å². The van der Waals surface area contributed by atoms with Crippen molar-refractivity contribution in [3.05, 3.63) is 88.8 Å². The molecular formula is C33H39N9O2. The molecule has 2 aliphatic rings. The van der Waals surface area contributed by atoms with Crippen LogP contribution in [0.4, 0.5) is 17.3 Å². The van der Waals surface area contributed by atoms with Crippen LogP contribution in [0.3, 0.4) is 0 Å². The van der Waals surface area contributed by atoms with Crippen molar-refractivity contribution in [1.29, 1.82) is 0 Å². The van der Waals surface area contributed by atoms with Gasteiger partial charge in [-0.25, -0.2) is 30.8 Å². The minimum Gasteiger partial charge on any atom is -0.384 e. The number of hydrogen-bond donors (Lipinski definition) is 2. The van der Waals surface area contributed by atoms with E-state index in [1.54, 1.807) is 42.8 Å². The van der Waals surface area contributed by atoms with Gasteiger partial charge in [-0.2, -0.15) is 4.98 Å². The first kappa shape index (κ1) is 29.5. The number of nitrogens with zero attached hydrogens (tertiary/aromatic N) is 8. The number of pyridine rings is 1. The van der Waals surface area contributed by atoms with Gasteiger partial charge in [0.2, 0.25) is 5.95 Å². The molecule has 11 nitrogen and oxygen atoms in total. The number of rotatable bonds is 8. The van der Waals surface area contributed by atoms with Crippen molar-refractivity contribution in [2.75, 3.05) is 43.1 Å². The first-order chi connectivity index (χ1) is 21.2. The van der Waals surface area contributed by atoms with Crippen LogP contribution in [-0.4, -0.2) is 67.2 Å². The molecule has 0 unspecified atom stereocenters. The lowest BCUT2D eigenvalue weighted by molar-refractivity contribution is 0.0738. The molecule has 1 spiro atoms. The molecule has 228 valence electrons. The lowest BCUT2D eigenvalue weighted by atomic mass is 9.71. The number of likely N-dealkylation sites (tertiary alicyclic amines) is 1. The minimum absolute atomic E-state index is 0.247. The second-order valence-corrected chi connectivity index (χ2v) is 12.4. The van der Waals surface area contributed by atoms with E-state index in [1.807, 2.05) is 12.1 Å². The molecule has 0 aliphatic carbocycles. The first-order valence-electron chi connectivity index (χ1n) is 15.2.